The first kappa shape index (κ1) is 13.6. The minimum Gasteiger partial charge on any atom is -0.362 e. The van der Waals surface area contributed by atoms with Gasteiger partial charge in [-0.05, 0) is 13.0 Å². The van der Waals surface area contributed by atoms with Crippen LogP contribution in [0.4, 0.5) is 5.00 Å². The molecule has 0 aromatic carbocycles. The number of Topliss-reactive ketones (excluding diaryl/α,β-unsaturated/α-hetero) is 1. The van der Waals surface area contributed by atoms with E-state index in [9.17, 15) is 4.79 Å². The molecule has 0 saturated heterocycles. The quantitative estimate of drug-likeness (QED) is 0.926. The van der Waals surface area contributed by atoms with Gasteiger partial charge < -0.3 is 10.1 Å². The van der Waals surface area contributed by atoms with E-state index in [4.69, 9.17) is 4.74 Å². The highest BCUT2D eigenvalue weighted by molar-refractivity contribution is 7.17. The summed E-state index contributed by atoms with van der Waals surface area (Å²) in [5.41, 5.74) is 1.67. The number of nitrogens with one attached hydrogen (secondary N) is 1. The predicted octanol–water partition coefficient (Wildman–Crippen LogP) is 2.91. The Balaban J connectivity index is 1.95. The number of hydrogen-bond acceptors (Lipinski definition) is 6. The molecule has 5 nitrogen and oxygen atoms in total. The van der Waals surface area contributed by atoms with Gasteiger partial charge in [0.1, 0.15) is 10.8 Å². The Kier molecular flexibility index (Phi) is 2.92. The van der Waals surface area contributed by atoms with Crippen LogP contribution in [0, 0.1) is 6.92 Å². The number of rotatable bonds is 2. The number of carbonyl (C=O) groups excluding carboxylic acids is 1. The number of hydrogen-bond donors (Lipinski definition) is 1. The number of thiophene rings is 1. The maximum atomic E-state index is 13.2. The van der Waals surface area contributed by atoms with Gasteiger partial charge in [0.05, 0.1) is 5.56 Å². The molecule has 0 amide bonds. The molecule has 1 unspecified atom stereocenters. The van der Waals surface area contributed by atoms with E-state index in [2.05, 4.69) is 15.3 Å². The fourth-order valence-corrected chi connectivity index (χ4v) is 4.31. The van der Waals surface area contributed by atoms with Crippen LogP contribution in [0.3, 0.4) is 0 Å². The molecular formula is C16H15N3O2S. The molecule has 22 heavy (non-hydrogen) atoms. The van der Waals surface area contributed by atoms with Crippen LogP contribution >= 0.6 is 11.3 Å². The lowest BCUT2D eigenvalue weighted by atomic mass is 9.85. The molecule has 4 rings (SSSR count). The number of anilines is 1. The molecule has 0 fully saturated rings. The lowest BCUT2D eigenvalue weighted by Crippen LogP contribution is -2.52. The van der Waals surface area contributed by atoms with E-state index in [0.717, 1.165) is 21.0 Å². The van der Waals surface area contributed by atoms with Crippen LogP contribution in [-0.2, 0) is 4.74 Å². The molecule has 6 heteroatoms. The van der Waals surface area contributed by atoms with Gasteiger partial charge in [-0.1, -0.05) is 6.07 Å². The number of pyridine rings is 1. The van der Waals surface area contributed by atoms with Crippen molar-refractivity contribution in [3.8, 4) is 11.1 Å². The third-order valence-corrected chi connectivity index (χ3v) is 5.35. The summed E-state index contributed by atoms with van der Waals surface area (Å²) in [6, 6.07) is 3.86. The third kappa shape index (κ3) is 1.65. The zero-order valence-corrected chi connectivity index (χ0v) is 13.2. The van der Waals surface area contributed by atoms with E-state index in [1.165, 1.54) is 0 Å². The number of aliphatic imine (C=N–C) groups is 1. The van der Waals surface area contributed by atoms with Gasteiger partial charge in [0.2, 0.25) is 5.78 Å². The maximum Gasteiger partial charge on any atom is 0.206 e. The van der Waals surface area contributed by atoms with Gasteiger partial charge in [0, 0.05) is 48.5 Å². The Bertz CT molecular complexity index is 797. The van der Waals surface area contributed by atoms with E-state index < -0.39 is 5.60 Å². The Morgan fingerprint density at radius 1 is 1.41 bits per heavy atom. The summed E-state index contributed by atoms with van der Waals surface area (Å²) in [5, 5.41) is 4.17. The molecule has 0 aliphatic carbocycles. The molecule has 1 atom stereocenters. The van der Waals surface area contributed by atoms with E-state index in [1.807, 2.05) is 19.1 Å². The largest absolute Gasteiger partial charge is 0.362 e. The molecular weight excluding hydrogens is 298 g/mol. The Morgan fingerprint density at radius 3 is 3.00 bits per heavy atom. The van der Waals surface area contributed by atoms with Crippen molar-refractivity contribution in [3.05, 3.63) is 35.0 Å². The second kappa shape index (κ2) is 4.72. The van der Waals surface area contributed by atoms with Gasteiger partial charge in [-0.3, -0.25) is 14.8 Å². The molecule has 0 radical (unpaired) electrons. The van der Waals surface area contributed by atoms with Gasteiger partial charge in [0.25, 0.3) is 0 Å². The summed E-state index contributed by atoms with van der Waals surface area (Å²) >= 11 is 1.58. The molecule has 0 spiro atoms. The lowest BCUT2D eigenvalue weighted by Gasteiger charge is -2.32. The topological polar surface area (TPSA) is 63.6 Å². The third-order valence-electron chi connectivity index (χ3n) is 4.33. The summed E-state index contributed by atoms with van der Waals surface area (Å²) in [6.07, 6.45) is 4.11. The number of ketones is 1. The number of carbonyl (C=O) groups is 1. The number of methoxy groups -OCH3 is 1. The van der Waals surface area contributed by atoms with Crippen LogP contribution in [0.2, 0.25) is 0 Å². The lowest BCUT2D eigenvalue weighted by molar-refractivity contribution is 0.0382. The van der Waals surface area contributed by atoms with E-state index in [0.29, 0.717) is 24.4 Å². The van der Waals surface area contributed by atoms with E-state index >= 15 is 0 Å². The first-order chi connectivity index (χ1) is 10.7. The van der Waals surface area contributed by atoms with Crippen molar-refractivity contribution in [3.63, 3.8) is 0 Å². The fraction of sp³-hybridized carbons (Fsp3) is 0.312. The van der Waals surface area contributed by atoms with Crippen LogP contribution in [-0.4, -0.2) is 35.9 Å². The van der Waals surface area contributed by atoms with Gasteiger partial charge in [0.15, 0.2) is 5.60 Å². The molecule has 112 valence electrons. The molecule has 0 saturated carbocycles. The number of amidine groups is 1. The van der Waals surface area contributed by atoms with Crippen LogP contribution < -0.4 is 5.32 Å². The molecule has 2 aromatic rings. The normalized spacial score (nSPS) is 22.8. The Hall–Kier alpha value is -2.05. The van der Waals surface area contributed by atoms with Crippen molar-refractivity contribution >= 4 is 28.0 Å². The maximum absolute atomic E-state index is 13.2. The average molecular weight is 313 g/mol. The van der Waals surface area contributed by atoms with Crippen LogP contribution in [0.1, 0.15) is 21.7 Å². The molecule has 0 bridgehead atoms. The zero-order chi connectivity index (χ0) is 15.3. The molecule has 2 aliphatic heterocycles. The van der Waals surface area contributed by atoms with Crippen molar-refractivity contribution < 1.29 is 9.53 Å². The Labute approximate surface area is 132 Å². The molecule has 2 aromatic heterocycles. The highest BCUT2D eigenvalue weighted by Gasteiger charge is 2.52. The van der Waals surface area contributed by atoms with E-state index in [-0.39, 0.29) is 5.78 Å². The van der Waals surface area contributed by atoms with Crippen molar-refractivity contribution in [2.75, 3.05) is 19.0 Å². The minimum atomic E-state index is -0.947. The molecule has 1 N–H and O–H groups in total. The smallest absolute Gasteiger partial charge is 0.206 e. The summed E-state index contributed by atoms with van der Waals surface area (Å²) in [5.74, 6) is 0.648. The number of nitrogens with zero attached hydrogens (tertiary/aromatic N) is 2. The number of aryl methyl sites for hydroxylation is 1. The fourth-order valence-electron chi connectivity index (χ4n) is 3.24. The van der Waals surface area contributed by atoms with Gasteiger partial charge >= 0.3 is 0 Å². The van der Waals surface area contributed by atoms with Crippen molar-refractivity contribution in [1.82, 2.24) is 4.98 Å². The first-order valence-electron chi connectivity index (χ1n) is 7.13. The second-order valence-corrected chi connectivity index (χ2v) is 6.67. The molecule has 2 aliphatic rings. The van der Waals surface area contributed by atoms with Crippen molar-refractivity contribution in [1.29, 1.82) is 0 Å². The Morgan fingerprint density at radius 2 is 2.27 bits per heavy atom. The van der Waals surface area contributed by atoms with Crippen LogP contribution in [0.5, 0.6) is 0 Å². The summed E-state index contributed by atoms with van der Waals surface area (Å²) in [4.78, 5) is 22.9. The van der Waals surface area contributed by atoms with Gasteiger partial charge in [-0.25, -0.2) is 0 Å². The number of fused-ring (bicyclic) bond motifs is 2. The highest BCUT2D eigenvalue weighted by atomic mass is 32.1. The van der Waals surface area contributed by atoms with Gasteiger partial charge in [-0.15, -0.1) is 11.3 Å². The summed E-state index contributed by atoms with van der Waals surface area (Å²) < 4.78 is 5.62. The first-order valence-corrected chi connectivity index (χ1v) is 7.95. The standard InChI is InChI=1S/C16H15N3O2S/c1-9-11(10-4-3-6-17-8-10)12-13(20)16(21-2)5-7-18-15(16)19-14(12)22-9/h3-4,6,8H,5,7H2,1-2H3,(H,18,19). The monoisotopic (exact) mass is 313 g/mol. The molecule has 4 heterocycles. The van der Waals surface area contributed by atoms with Crippen LogP contribution in [0.15, 0.2) is 29.5 Å². The average Bonchev–Trinajstić information content (AvgIpc) is 3.10. The van der Waals surface area contributed by atoms with Crippen LogP contribution in [0.25, 0.3) is 11.1 Å². The zero-order valence-electron chi connectivity index (χ0n) is 12.3. The summed E-state index contributed by atoms with van der Waals surface area (Å²) in [6.45, 7) is 2.63. The second-order valence-electron chi connectivity index (χ2n) is 5.44. The summed E-state index contributed by atoms with van der Waals surface area (Å²) in [7, 11) is 1.58. The van der Waals surface area contributed by atoms with Gasteiger partial charge in [-0.2, -0.15) is 0 Å². The number of ether oxygens (including phenoxy) is 1. The highest BCUT2D eigenvalue weighted by Crippen LogP contribution is 2.46. The SMILES string of the molecule is COC12CCN=C1Nc1sc(C)c(-c3cccnc3)c1C2=O. The van der Waals surface area contributed by atoms with Crippen molar-refractivity contribution in [2.45, 2.75) is 18.9 Å². The minimum absolute atomic E-state index is 0.00297. The predicted molar refractivity (Wildman–Crippen MR) is 86.9 cm³/mol. The van der Waals surface area contributed by atoms with E-state index in [1.54, 1.807) is 30.8 Å². The number of aromatic nitrogens is 1. The van der Waals surface area contributed by atoms with Crippen molar-refractivity contribution in [2.24, 2.45) is 4.99 Å².